The van der Waals surface area contributed by atoms with E-state index in [1.54, 1.807) is 43.6 Å². The van der Waals surface area contributed by atoms with Crippen LogP contribution in [-0.4, -0.2) is 25.9 Å². The van der Waals surface area contributed by atoms with Gasteiger partial charge in [-0.1, -0.05) is 24.3 Å². The van der Waals surface area contributed by atoms with Gasteiger partial charge in [0.2, 0.25) is 0 Å². The second-order valence-electron chi connectivity index (χ2n) is 3.57. The maximum Gasteiger partial charge on any atom is 0.265 e. The number of nitrogens with one attached hydrogen (secondary N) is 1. The summed E-state index contributed by atoms with van der Waals surface area (Å²) in [6, 6.07) is 8.46. The average molecular weight is 238 g/mol. The van der Waals surface area contributed by atoms with Gasteiger partial charge in [0, 0.05) is 12.6 Å². The van der Waals surface area contributed by atoms with E-state index >= 15 is 0 Å². The number of rotatable bonds is 3. The van der Waals surface area contributed by atoms with Gasteiger partial charge in [0.1, 0.15) is 0 Å². The van der Waals surface area contributed by atoms with Crippen LogP contribution in [0, 0.1) is 0 Å². The molecule has 1 aliphatic heterocycles. The third-order valence-electron chi connectivity index (χ3n) is 2.57. The molecule has 1 unspecified atom stereocenters. The first-order valence-electron chi connectivity index (χ1n) is 5.09. The Kier molecular flexibility index (Phi) is 2.98. The molecule has 0 radical (unpaired) electrons. The molecule has 1 heterocycles. The van der Waals surface area contributed by atoms with Crippen molar-refractivity contribution in [3.8, 4) is 0 Å². The van der Waals surface area contributed by atoms with Crippen molar-refractivity contribution in [1.29, 1.82) is 0 Å². The monoisotopic (exact) mass is 238 g/mol. The molecule has 16 heavy (non-hydrogen) atoms. The van der Waals surface area contributed by atoms with Crippen molar-refractivity contribution in [1.82, 2.24) is 9.62 Å². The fourth-order valence-electron chi connectivity index (χ4n) is 1.71. The molecular formula is C11H14N2O2S. The summed E-state index contributed by atoms with van der Waals surface area (Å²) in [5.74, 6) is 0. The van der Waals surface area contributed by atoms with Crippen LogP contribution in [0.25, 0.3) is 0 Å². The zero-order chi connectivity index (χ0) is 11.6. The first-order valence-corrected chi connectivity index (χ1v) is 6.53. The zero-order valence-corrected chi connectivity index (χ0v) is 9.81. The molecule has 1 aliphatic rings. The van der Waals surface area contributed by atoms with Crippen LogP contribution in [-0.2, 0) is 10.0 Å². The minimum atomic E-state index is -3.42. The first kappa shape index (κ1) is 11.2. The first-order chi connectivity index (χ1) is 7.66. The summed E-state index contributed by atoms with van der Waals surface area (Å²) in [4.78, 5) is 0.321. The van der Waals surface area contributed by atoms with Crippen molar-refractivity contribution >= 4 is 10.0 Å². The Bertz CT molecular complexity index is 482. The molecule has 0 bridgehead atoms. The van der Waals surface area contributed by atoms with Crippen molar-refractivity contribution in [3.63, 3.8) is 0 Å². The fourth-order valence-corrected chi connectivity index (χ4v) is 3.23. The number of benzene rings is 1. The van der Waals surface area contributed by atoms with Gasteiger partial charge in [0.05, 0.1) is 11.1 Å². The van der Waals surface area contributed by atoms with E-state index in [4.69, 9.17) is 0 Å². The third kappa shape index (κ3) is 1.83. The van der Waals surface area contributed by atoms with E-state index in [2.05, 4.69) is 5.32 Å². The lowest BCUT2D eigenvalue weighted by Crippen LogP contribution is -2.41. The molecule has 5 heteroatoms. The highest BCUT2D eigenvalue weighted by molar-refractivity contribution is 7.89. The summed E-state index contributed by atoms with van der Waals surface area (Å²) in [7, 11) is -1.66. The molecule has 0 spiro atoms. The highest BCUT2D eigenvalue weighted by Gasteiger charge is 2.29. The molecule has 0 saturated heterocycles. The van der Waals surface area contributed by atoms with Crippen LogP contribution in [0.15, 0.2) is 47.5 Å². The van der Waals surface area contributed by atoms with Crippen LogP contribution in [0.3, 0.4) is 0 Å². The van der Waals surface area contributed by atoms with E-state index in [1.807, 2.05) is 6.08 Å². The molecule has 0 fully saturated rings. The minimum absolute atomic E-state index is 0.176. The van der Waals surface area contributed by atoms with E-state index in [-0.39, 0.29) is 6.17 Å². The quantitative estimate of drug-likeness (QED) is 0.859. The summed E-state index contributed by atoms with van der Waals surface area (Å²) < 4.78 is 25.8. The van der Waals surface area contributed by atoms with Crippen molar-refractivity contribution < 1.29 is 8.42 Å². The summed E-state index contributed by atoms with van der Waals surface area (Å²) in [5.41, 5.74) is 0. The predicted octanol–water partition coefficient (Wildman–Crippen LogP) is 1.14. The van der Waals surface area contributed by atoms with E-state index in [0.717, 1.165) is 0 Å². The molecule has 0 saturated carbocycles. The second kappa shape index (κ2) is 4.27. The van der Waals surface area contributed by atoms with Crippen LogP contribution in [0.5, 0.6) is 0 Å². The molecule has 1 aromatic carbocycles. The number of nitrogens with zero attached hydrogens (tertiary/aromatic N) is 1. The van der Waals surface area contributed by atoms with E-state index in [9.17, 15) is 8.42 Å². The summed E-state index contributed by atoms with van der Waals surface area (Å²) >= 11 is 0. The Morgan fingerprint density at radius 2 is 2.00 bits per heavy atom. The summed E-state index contributed by atoms with van der Waals surface area (Å²) in [5, 5.41) is 2.97. The van der Waals surface area contributed by atoms with E-state index in [1.165, 1.54) is 4.31 Å². The Balaban J connectivity index is 2.36. The Hall–Kier alpha value is -1.33. The maximum atomic E-state index is 12.2. The molecule has 1 aromatic rings. The van der Waals surface area contributed by atoms with Crippen LogP contribution >= 0.6 is 0 Å². The van der Waals surface area contributed by atoms with Crippen LogP contribution < -0.4 is 5.32 Å². The van der Waals surface area contributed by atoms with Crippen molar-refractivity contribution in [2.75, 3.05) is 7.05 Å². The lowest BCUT2D eigenvalue weighted by Gasteiger charge is -2.24. The Morgan fingerprint density at radius 3 is 2.62 bits per heavy atom. The van der Waals surface area contributed by atoms with Crippen LogP contribution in [0.4, 0.5) is 0 Å². The molecule has 86 valence electrons. The fraction of sp³-hybridized carbons (Fsp3) is 0.273. The van der Waals surface area contributed by atoms with E-state index in [0.29, 0.717) is 11.3 Å². The van der Waals surface area contributed by atoms with Gasteiger partial charge in [0.15, 0.2) is 0 Å². The number of hydrogen-bond donors (Lipinski definition) is 1. The Labute approximate surface area is 95.6 Å². The SMILES string of the molecule is CNC1CC=CN1S(=O)(=O)c1ccccc1. The van der Waals surface area contributed by atoms with Crippen molar-refractivity contribution in [3.05, 3.63) is 42.6 Å². The van der Waals surface area contributed by atoms with Crippen molar-refractivity contribution in [2.24, 2.45) is 0 Å². The molecule has 0 aromatic heterocycles. The average Bonchev–Trinajstić information content (AvgIpc) is 2.79. The van der Waals surface area contributed by atoms with Crippen LogP contribution in [0.2, 0.25) is 0 Å². The van der Waals surface area contributed by atoms with Gasteiger partial charge < -0.3 is 0 Å². The van der Waals surface area contributed by atoms with Crippen LogP contribution in [0.1, 0.15) is 6.42 Å². The van der Waals surface area contributed by atoms with E-state index < -0.39 is 10.0 Å². The molecule has 1 atom stereocenters. The van der Waals surface area contributed by atoms with Gasteiger partial charge in [-0.05, 0) is 19.2 Å². The molecule has 2 rings (SSSR count). The van der Waals surface area contributed by atoms with Gasteiger partial charge in [-0.3, -0.25) is 9.62 Å². The number of sulfonamides is 1. The van der Waals surface area contributed by atoms with Crippen molar-refractivity contribution in [2.45, 2.75) is 17.5 Å². The molecular weight excluding hydrogens is 224 g/mol. The maximum absolute atomic E-state index is 12.2. The topological polar surface area (TPSA) is 49.4 Å². The molecule has 1 N–H and O–H groups in total. The van der Waals surface area contributed by atoms with Gasteiger partial charge >= 0.3 is 0 Å². The third-order valence-corrected chi connectivity index (χ3v) is 4.37. The largest absolute Gasteiger partial charge is 0.299 e. The second-order valence-corrected chi connectivity index (χ2v) is 5.42. The zero-order valence-electron chi connectivity index (χ0n) is 9.00. The molecule has 0 aliphatic carbocycles. The lowest BCUT2D eigenvalue weighted by molar-refractivity contribution is 0.382. The normalized spacial score (nSPS) is 20.3. The lowest BCUT2D eigenvalue weighted by atomic mass is 10.4. The minimum Gasteiger partial charge on any atom is -0.299 e. The van der Waals surface area contributed by atoms with Gasteiger partial charge in [-0.15, -0.1) is 0 Å². The van der Waals surface area contributed by atoms with Gasteiger partial charge in [-0.2, -0.15) is 0 Å². The smallest absolute Gasteiger partial charge is 0.265 e. The predicted molar refractivity (Wildman–Crippen MR) is 62.1 cm³/mol. The highest BCUT2D eigenvalue weighted by Crippen LogP contribution is 2.22. The summed E-state index contributed by atoms with van der Waals surface area (Å²) in [6.07, 6.45) is 3.98. The summed E-state index contributed by atoms with van der Waals surface area (Å²) in [6.45, 7) is 0. The standard InChI is InChI=1S/C11H14N2O2S/c1-12-11-8-5-9-13(11)16(14,15)10-6-3-2-4-7-10/h2-7,9,11-12H,8H2,1H3. The number of hydrogen-bond acceptors (Lipinski definition) is 3. The van der Waals surface area contributed by atoms with Gasteiger partial charge in [-0.25, -0.2) is 8.42 Å². The molecule has 4 nitrogen and oxygen atoms in total. The Morgan fingerprint density at radius 1 is 1.31 bits per heavy atom. The van der Waals surface area contributed by atoms with Gasteiger partial charge in [0.25, 0.3) is 10.0 Å². The molecule has 0 amide bonds. The highest BCUT2D eigenvalue weighted by atomic mass is 32.2.